The van der Waals surface area contributed by atoms with Gasteiger partial charge in [0.1, 0.15) is 0 Å². The SMILES string of the molecule is CCn1c(SCCCCC(=O)N2CCN(C(c3ccccc3)c3ccccc3)CC2)nc(-c2ccccc2)c1-c1ccccc1. The Morgan fingerprint density at radius 1 is 0.711 bits per heavy atom. The first kappa shape index (κ1) is 30.9. The van der Waals surface area contributed by atoms with Crippen molar-refractivity contribution in [2.24, 2.45) is 0 Å². The van der Waals surface area contributed by atoms with Crippen LogP contribution in [0.4, 0.5) is 0 Å². The molecule has 6 heteroatoms. The van der Waals surface area contributed by atoms with Crippen molar-refractivity contribution in [3.05, 3.63) is 132 Å². The summed E-state index contributed by atoms with van der Waals surface area (Å²) in [4.78, 5) is 22.9. The van der Waals surface area contributed by atoms with E-state index < -0.39 is 0 Å². The highest BCUT2D eigenvalue weighted by Gasteiger charge is 2.28. The van der Waals surface area contributed by atoms with Gasteiger partial charge in [-0.2, -0.15) is 0 Å². The Labute approximate surface area is 271 Å². The highest BCUT2D eigenvalue weighted by atomic mass is 32.2. The number of nitrogens with zero attached hydrogens (tertiary/aromatic N) is 4. The fourth-order valence-corrected chi connectivity index (χ4v) is 7.40. The van der Waals surface area contributed by atoms with Gasteiger partial charge in [0.25, 0.3) is 0 Å². The number of hydrogen-bond acceptors (Lipinski definition) is 4. The average Bonchev–Trinajstić information content (AvgIpc) is 3.48. The standard InChI is InChI=1S/C39H42N4OS/c1-2-43-38(34-23-13-6-14-24-34)36(31-17-7-3-8-18-31)40-39(43)45-30-16-15-25-35(44)41-26-28-42(29-27-41)37(32-19-9-4-10-20-32)33-21-11-5-12-22-33/h3-14,17-24,37H,2,15-16,25-30H2,1H3. The van der Waals surface area contributed by atoms with Crippen molar-refractivity contribution in [1.29, 1.82) is 0 Å². The number of unbranched alkanes of at least 4 members (excludes halogenated alkanes) is 1. The Hall–Kier alpha value is -4.13. The van der Waals surface area contributed by atoms with Crippen LogP contribution < -0.4 is 0 Å². The van der Waals surface area contributed by atoms with Crippen LogP contribution in [0.15, 0.2) is 126 Å². The molecule has 1 amide bonds. The number of aromatic nitrogens is 2. The van der Waals surface area contributed by atoms with E-state index in [1.807, 2.05) is 6.07 Å². The van der Waals surface area contributed by atoms with Crippen LogP contribution >= 0.6 is 11.8 Å². The molecule has 45 heavy (non-hydrogen) atoms. The number of carbonyl (C=O) groups is 1. The van der Waals surface area contributed by atoms with E-state index in [1.54, 1.807) is 11.8 Å². The number of thioether (sulfide) groups is 1. The van der Waals surface area contributed by atoms with E-state index in [0.717, 1.165) is 67.7 Å². The van der Waals surface area contributed by atoms with Crippen LogP contribution in [0.1, 0.15) is 43.4 Å². The molecule has 1 fully saturated rings. The minimum atomic E-state index is 0.210. The fourth-order valence-electron chi connectivity index (χ4n) is 6.34. The lowest BCUT2D eigenvalue weighted by molar-refractivity contribution is -0.133. The van der Waals surface area contributed by atoms with E-state index >= 15 is 0 Å². The molecule has 0 aliphatic carbocycles. The molecule has 1 aliphatic heterocycles. The van der Waals surface area contributed by atoms with Crippen LogP contribution in [0, 0.1) is 0 Å². The normalized spacial score (nSPS) is 13.8. The van der Waals surface area contributed by atoms with Crippen LogP contribution in [0.2, 0.25) is 0 Å². The smallest absolute Gasteiger partial charge is 0.222 e. The molecule has 1 saturated heterocycles. The highest BCUT2D eigenvalue weighted by molar-refractivity contribution is 7.99. The number of piperazine rings is 1. The molecule has 230 valence electrons. The van der Waals surface area contributed by atoms with Gasteiger partial charge >= 0.3 is 0 Å². The summed E-state index contributed by atoms with van der Waals surface area (Å²) in [6.45, 7) is 6.36. The van der Waals surface area contributed by atoms with Gasteiger partial charge in [-0.05, 0) is 30.9 Å². The summed E-state index contributed by atoms with van der Waals surface area (Å²) in [6, 6.07) is 42.7. The van der Waals surface area contributed by atoms with Crippen LogP contribution in [0.5, 0.6) is 0 Å². The van der Waals surface area contributed by atoms with Crippen LogP contribution in [-0.2, 0) is 11.3 Å². The topological polar surface area (TPSA) is 41.4 Å². The number of hydrogen-bond donors (Lipinski definition) is 0. The van der Waals surface area contributed by atoms with E-state index in [4.69, 9.17) is 4.98 Å². The van der Waals surface area contributed by atoms with Crippen molar-refractivity contribution in [3.63, 3.8) is 0 Å². The fraction of sp³-hybridized carbons (Fsp3) is 0.282. The predicted molar refractivity (Wildman–Crippen MR) is 186 cm³/mol. The zero-order chi connectivity index (χ0) is 30.8. The minimum Gasteiger partial charge on any atom is -0.340 e. The lowest BCUT2D eigenvalue weighted by Crippen LogP contribution is -2.49. The quantitative estimate of drug-likeness (QED) is 0.104. The van der Waals surface area contributed by atoms with Gasteiger partial charge in [0.05, 0.1) is 17.4 Å². The third-order valence-corrected chi connectivity index (χ3v) is 9.68. The molecule has 0 radical (unpaired) electrons. The lowest BCUT2D eigenvalue weighted by atomic mass is 9.96. The first-order valence-electron chi connectivity index (χ1n) is 16.2. The van der Waals surface area contributed by atoms with E-state index in [0.29, 0.717) is 6.42 Å². The summed E-state index contributed by atoms with van der Waals surface area (Å²) >= 11 is 1.80. The average molecular weight is 615 g/mol. The molecule has 0 saturated carbocycles. The Kier molecular flexibility index (Phi) is 10.5. The molecule has 0 N–H and O–H groups in total. The third-order valence-electron chi connectivity index (χ3n) is 8.62. The molecular formula is C39H42N4OS. The summed E-state index contributed by atoms with van der Waals surface area (Å²) in [7, 11) is 0. The molecule has 0 unspecified atom stereocenters. The first-order valence-corrected chi connectivity index (χ1v) is 17.2. The second-order valence-electron chi connectivity index (χ2n) is 11.5. The number of carbonyl (C=O) groups excluding carboxylic acids is 1. The maximum atomic E-state index is 13.2. The van der Waals surface area contributed by atoms with Crippen molar-refractivity contribution >= 4 is 17.7 Å². The second kappa shape index (κ2) is 15.2. The van der Waals surface area contributed by atoms with E-state index in [2.05, 4.69) is 137 Å². The van der Waals surface area contributed by atoms with Crippen molar-refractivity contribution in [3.8, 4) is 22.5 Å². The van der Waals surface area contributed by atoms with Crippen LogP contribution in [-0.4, -0.2) is 57.2 Å². The molecule has 5 aromatic rings. The Balaban J connectivity index is 1.03. The molecule has 5 nitrogen and oxygen atoms in total. The first-order chi connectivity index (χ1) is 22.2. The van der Waals surface area contributed by atoms with Gasteiger partial charge in [0.15, 0.2) is 5.16 Å². The summed E-state index contributed by atoms with van der Waals surface area (Å²) in [6.07, 6.45) is 2.49. The molecule has 6 rings (SSSR count). The monoisotopic (exact) mass is 614 g/mol. The Bertz CT molecular complexity index is 1590. The van der Waals surface area contributed by atoms with Crippen molar-refractivity contribution in [2.75, 3.05) is 31.9 Å². The minimum absolute atomic E-state index is 0.210. The number of imidazole rings is 1. The van der Waals surface area contributed by atoms with Crippen LogP contribution in [0.25, 0.3) is 22.5 Å². The summed E-state index contributed by atoms with van der Waals surface area (Å²) in [5.74, 6) is 1.22. The summed E-state index contributed by atoms with van der Waals surface area (Å²) in [5, 5.41) is 1.05. The van der Waals surface area contributed by atoms with Gasteiger partial charge in [0, 0.05) is 56.0 Å². The number of amides is 1. The van der Waals surface area contributed by atoms with E-state index in [-0.39, 0.29) is 11.9 Å². The summed E-state index contributed by atoms with van der Waals surface area (Å²) < 4.78 is 2.34. The zero-order valence-corrected chi connectivity index (χ0v) is 26.9. The maximum Gasteiger partial charge on any atom is 0.222 e. The van der Waals surface area contributed by atoms with Gasteiger partial charge in [-0.25, -0.2) is 4.98 Å². The zero-order valence-electron chi connectivity index (χ0n) is 26.1. The molecular weight excluding hydrogens is 573 g/mol. The van der Waals surface area contributed by atoms with Gasteiger partial charge < -0.3 is 9.47 Å². The highest BCUT2D eigenvalue weighted by Crippen LogP contribution is 2.36. The third kappa shape index (κ3) is 7.41. The van der Waals surface area contributed by atoms with Gasteiger partial charge in [0.2, 0.25) is 5.91 Å². The molecule has 1 aliphatic rings. The van der Waals surface area contributed by atoms with Gasteiger partial charge in [-0.1, -0.05) is 133 Å². The molecule has 0 spiro atoms. The largest absolute Gasteiger partial charge is 0.340 e. The lowest BCUT2D eigenvalue weighted by Gasteiger charge is -2.40. The van der Waals surface area contributed by atoms with E-state index in [9.17, 15) is 4.79 Å². The van der Waals surface area contributed by atoms with Crippen molar-refractivity contribution in [1.82, 2.24) is 19.4 Å². The van der Waals surface area contributed by atoms with Gasteiger partial charge in [-0.15, -0.1) is 0 Å². The van der Waals surface area contributed by atoms with Crippen LogP contribution in [0.3, 0.4) is 0 Å². The number of benzene rings is 4. The predicted octanol–water partition coefficient (Wildman–Crippen LogP) is 8.43. The number of rotatable bonds is 12. The molecule has 0 atom stereocenters. The van der Waals surface area contributed by atoms with Crippen molar-refractivity contribution in [2.45, 2.75) is 43.9 Å². The maximum absolute atomic E-state index is 13.2. The Morgan fingerprint density at radius 2 is 1.24 bits per heavy atom. The summed E-state index contributed by atoms with van der Waals surface area (Å²) in [5.41, 5.74) is 7.12. The molecule has 4 aromatic carbocycles. The van der Waals surface area contributed by atoms with E-state index in [1.165, 1.54) is 22.4 Å². The molecule has 2 heterocycles. The van der Waals surface area contributed by atoms with Crippen molar-refractivity contribution < 1.29 is 4.79 Å². The second-order valence-corrected chi connectivity index (χ2v) is 12.6. The molecule has 1 aromatic heterocycles. The van der Waals surface area contributed by atoms with Gasteiger partial charge in [-0.3, -0.25) is 9.69 Å². The molecule has 0 bridgehead atoms. The Morgan fingerprint density at radius 3 is 1.80 bits per heavy atom.